The summed E-state index contributed by atoms with van der Waals surface area (Å²) in [5.74, 6) is 1.50. The molecule has 1 unspecified atom stereocenters. The van der Waals surface area contributed by atoms with E-state index in [0.717, 1.165) is 41.1 Å². The quantitative estimate of drug-likeness (QED) is 0.689. The Hall–Kier alpha value is -2.82. The molecule has 0 amide bonds. The first kappa shape index (κ1) is 12.7. The molecule has 2 aromatic carbocycles. The third-order valence-electron chi connectivity index (χ3n) is 4.45. The van der Waals surface area contributed by atoms with Crippen LogP contribution in [-0.4, -0.2) is 23.0 Å². The molecule has 23 heavy (non-hydrogen) atoms. The molecule has 2 aliphatic heterocycles. The average molecular weight is 305 g/mol. The maximum Gasteiger partial charge on any atom is 0.238 e. The van der Waals surface area contributed by atoms with Crippen molar-refractivity contribution >= 4 is 22.3 Å². The zero-order valence-electron chi connectivity index (χ0n) is 12.7. The fourth-order valence-corrected chi connectivity index (χ4v) is 3.42. The lowest BCUT2D eigenvalue weighted by molar-refractivity contribution is 0.0679. The predicted molar refractivity (Wildman–Crippen MR) is 87.4 cm³/mol. The second-order valence-corrected chi connectivity index (χ2v) is 5.88. The summed E-state index contributed by atoms with van der Waals surface area (Å²) in [6.07, 6.45) is 2.61. The van der Waals surface area contributed by atoms with Gasteiger partial charge >= 0.3 is 0 Å². The highest BCUT2D eigenvalue weighted by Crippen LogP contribution is 2.42. The highest BCUT2D eigenvalue weighted by Gasteiger charge is 2.25. The number of nitrogens with zero attached hydrogens (tertiary/aromatic N) is 3. The van der Waals surface area contributed by atoms with Crippen LogP contribution >= 0.6 is 0 Å². The Labute approximate surface area is 133 Å². The molecule has 5 rings (SSSR count). The third kappa shape index (κ3) is 1.86. The first-order chi connectivity index (χ1) is 11.3. The maximum absolute atomic E-state index is 5.71. The summed E-state index contributed by atoms with van der Waals surface area (Å²) in [6.45, 7) is 2.83. The van der Waals surface area contributed by atoms with E-state index in [4.69, 9.17) is 9.47 Å². The molecule has 114 valence electrons. The van der Waals surface area contributed by atoms with Gasteiger partial charge in [-0.15, -0.1) is 0 Å². The van der Waals surface area contributed by atoms with Crippen molar-refractivity contribution in [2.24, 2.45) is 0 Å². The Kier molecular flexibility index (Phi) is 2.53. The molecular weight excluding hydrogens is 290 g/mol. The molecule has 3 aromatic rings. The van der Waals surface area contributed by atoms with Gasteiger partial charge in [-0.3, -0.25) is 0 Å². The standard InChI is InChI=1S/C18H15N3O2/c1-11-22-17-8-13-14(9-18(17)23-11)20-19-10-16(13)21-7-6-12-4-2-3-5-15(12)21/h2-5,8-11H,6-7H2,1H3. The molecule has 0 saturated carbocycles. The lowest BCUT2D eigenvalue weighted by atomic mass is 10.1. The monoisotopic (exact) mass is 305 g/mol. The van der Waals surface area contributed by atoms with Crippen molar-refractivity contribution < 1.29 is 9.47 Å². The van der Waals surface area contributed by atoms with Crippen LogP contribution in [0.2, 0.25) is 0 Å². The zero-order valence-corrected chi connectivity index (χ0v) is 12.7. The molecule has 0 spiro atoms. The average Bonchev–Trinajstić information content (AvgIpc) is 3.14. The third-order valence-corrected chi connectivity index (χ3v) is 4.45. The van der Waals surface area contributed by atoms with Crippen molar-refractivity contribution in [3.63, 3.8) is 0 Å². The van der Waals surface area contributed by atoms with Crippen LogP contribution in [0.25, 0.3) is 10.9 Å². The number of aromatic nitrogens is 2. The summed E-state index contributed by atoms with van der Waals surface area (Å²) in [4.78, 5) is 2.30. The Morgan fingerprint density at radius 3 is 2.83 bits per heavy atom. The normalized spacial score (nSPS) is 18.5. The first-order valence-corrected chi connectivity index (χ1v) is 7.78. The molecule has 0 bridgehead atoms. The van der Waals surface area contributed by atoms with Crippen molar-refractivity contribution in [3.8, 4) is 11.5 Å². The lowest BCUT2D eigenvalue weighted by Gasteiger charge is -2.20. The van der Waals surface area contributed by atoms with Gasteiger partial charge in [-0.2, -0.15) is 10.2 Å². The van der Waals surface area contributed by atoms with Gasteiger partial charge in [0, 0.05) is 30.6 Å². The van der Waals surface area contributed by atoms with Gasteiger partial charge in [0.05, 0.1) is 17.4 Å². The van der Waals surface area contributed by atoms with Gasteiger partial charge < -0.3 is 14.4 Å². The fraction of sp³-hybridized carbons (Fsp3) is 0.222. The van der Waals surface area contributed by atoms with Crippen LogP contribution in [-0.2, 0) is 6.42 Å². The number of rotatable bonds is 1. The van der Waals surface area contributed by atoms with E-state index in [1.54, 1.807) is 0 Å². The highest BCUT2D eigenvalue weighted by atomic mass is 16.7. The van der Waals surface area contributed by atoms with Crippen LogP contribution in [0.5, 0.6) is 11.5 Å². The number of benzene rings is 2. The fourth-order valence-electron chi connectivity index (χ4n) is 3.42. The largest absolute Gasteiger partial charge is 0.451 e. The predicted octanol–water partition coefficient (Wildman–Crippen LogP) is 3.44. The van der Waals surface area contributed by atoms with Gasteiger partial charge in [-0.25, -0.2) is 0 Å². The van der Waals surface area contributed by atoms with Crippen molar-refractivity contribution in [1.29, 1.82) is 0 Å². The molecule has 0 fully saturated rings. The number of fused-ring (bicyclic) bond motifs is 3. The molecule has 0 saturated heterocycles. The lowest BCUT2D eigenvalue weighted by Crippen LogP contribution is -2.14. The molecule has 3 heterocycles. The number of anilines is 2. The first-order valence-electron chi connectivity index (χ1n) is 7.78. The van der Waals surface area contributed by atoms with Crippen LogP contribution in [0.1, 0.15) is 12.5 Å². The summed E-state index contributed by atoms with van der Waals surface area (Å²) in [5.41, 5.74) is 4.49. The molecule has 0 radical (unpaired) electrons. The summed E-state index contributed by atoms with van der Waals surface area (Å²) in [7, 11) is 0. The van der Waals surface area contributed by atoms with Crippen molar-refractivity contribution in [1.82, 2.24) is 10.2 Å². The van der Waals surface area contributed by atoms with Crippen LogP contribution in [0.15, 0.2) is 42.6 Å². The van der Waals surface area contributed by atoms with E-state index >= 15 is 0 Å². The van der Waals surface area contributed by atoms with Gasteiger partial charge in [0.1, 0.15) is 0 Å². The van der Waals surface area contributed by atoms with E-state index in [9.17, 15) is 0 Å². The second kappa shape index (κ2) is 4.59. The maximum atomic E-state index is 5.71. The minimum Gasteiger partial charge on any atom is -0.451 e. The van der Waals surface area contributed by atoms with Gasteiger partial charge in [0.2, 0.25) is 6.29 Å². The smallest absolute Gasteiger partial charge is 0.238 e. The van der Waals surface area contributed by atoms with E-state index in [2.05, 4.69) is 39.4 Å². The second-order valence-electron chi connectivity index (χ2n) is 5.88. The molecule has 1 atom stereocenters. The topological polar surface area (TPSA) is 47.5 Å². The highest BCUT2D eigenvalue weighted by molar-refractivity contribution is 5.96. The Bertz CT molecular complexity index is 925. The molecule has 5 heteroatoms. The van der Waals surface area contributed by atoms with E-state index in [-0.39, 0.29) is 6.29 Å². The minimum absolute atomic E-state index is 0.259. The molecular formula is C18H15N3O2. The van der Waals surface area contributed by atoms with Gasteiger partial charge in [-0.05, 0) is 24.1 Å². The van der Waals surface area contributed by atoms with Crippen LogP contribution in [0.3, 0.4) is 0 Å². The Morgan fingerprint density at radius 1 is 1.09 bits per heavy atom. The van der Waals surface area contributed by atoms with Crippen molar-refractivity contribution in [3.05, 3.63) is 48.2 Å². The number of hydrogen-bond acceptors (Lipinski definition) is 5. The van der Waals surface area contributed by atoms with Crippen LogP contribution in [0.4, 0.5) is 11.4 Å². The minimum atomic E-state index is -0.259. The van der Waals surface area contributed by atoms with E-state index in [1.165, 1.54) is 11.3 Å². The summed E-state index contributed by atoms with van der Waals surface area (Å²) >= 11 is 0. The molecule has 0 N–H and O–H groups in total. The van der Waals surface area contributed by atoms with E-state index < -0.39 is 0 Å². The van der Waals surface area contributed by atoms with Crippen LogP contribution in [0, 0.1) is 0 Å². The van der Waals surface area contributed by atoms with Gasteiger partial charge in [0.15, 0.2) is 11.5 Å². The molecule has 0 aliphatic carbocycles. The van der Waals surface area contributed by atoms with Gasteiger partial charge in [-0.1, -0.05) is 18.2 Å². The summed E-state index contributed by atoms with van der Waals surface area (Å²) < 4.78 is 11.3. The van der Waals surface area contributed by atoms with Crippen molar-refractivity contribution in [2.75, 3.05) is 11.4 Å². The van der Waals surface area contributed by atoms with Crippen LogP contribution < -0.4 is 14.4 Å². The Balaban J connectivity index is 1.70. The number of ether oxygens (including phenoxy) is 2. The van der Waals surface area contributed by atoms with Crippen molar-refractivity contribution in [2.45, 2.75) is 19.6 Å². The van der Waals surface area contributed by atoms with Gasteiger partial charge in [0.25, 0.3) is 0 Å². The summed E-state index contributed by atoms with van der Waals surface area (Å²) in [6, 6.07) is 12.4. The number of hydrogen-bond donors (Lipinski definition) is 0. The number of para-hydroxylation sites is 1. The van der Waals surface area contributed by atoms with E-state index in [1.807, 2.05) is 25.3 Å². The van der Waals surface area contributed by atoms with E-state index in [0.29, 0.717) is 0 Å². The summed E-state index contributed by atoms with van der Waals surface area (Å²) in [5, 5.41) is 9.48. The zero-order chi connectivity index (χ0) is 15.4. The molecule has 2 aliphatic rings. The molecule has 1 aromatic heterocycles. The Morgan fingerprint density at radius 2 is 1.91 bits per heavy atom. The molecule has 5 nitrogen and oxygen atoms in total. The SMILES string of the molecule is CC1Oc2cc3nncc(N4CCc5ccccc54)c3cc2O1.